The zero-order valence-corrected chi connectivity index (χ0v) is 33.3. The topological polar surface area (TPSA) is 29.5 Å². The van der Waals surface area contributed by atoms with Crippen LogP contribution in [0.3, 0.4) is 0 Å². The van der Waals surface area contributed by atoms with Crippen LogP contribution < -0.4 is 4.90 Å². The van der Waals surface area contributed by atoms with E-state index in [2.05, 4.69) is 201 Å². The Labute approximate surface area is 348 Å². The van der Waals surface area contributed by atoms with Crippen molar-refractivity contribution < 1.29 is 8.83 Å². The molecule has 0 atom stereocenters. The highest BCUT2D eigenvalue weighted by atomic mass is 16.3. The van der Waals surface area contributed by atoms with E-state index in [1.165, 1.54) is 55.3 Å². The van der Waals surface area contributed by atoms with E-state index in [1.807, 2.05) is 18.2 Å². The first kappa shape index (κ1) is 34.4. The summed E-state index contributed by atoms with van der Waals surface area (Å²) in [5.74, 6) is 0. The maximum Gasteiger partial charge on any atom is 0.136 e. The number of hydrogen-bond acceptors (Lipinski definition) is 3. The first-order valence-electron chi connectivity index (χ1n) is 20.7. The average molecular weight is 770 g/mol. The summed E-state index contributed by atoms with van der Waals surface area (Å²) in [4.78, 5) is 2.36. The highest BCUT2D eigenvalue weighted by molar-refractivity contribution is 6.15. The summed E-state index contributed by atoms with van der Waals surface area (Å²) in [5.41, 5.74) is 19.1. The minimum Gasteiger partial charge on any atom is -0.456 e. The second kappa shape index (κ2) is 13.2. The smallest absolute Gasteiger partial charge is 0.136 e. The number of nitrogens with zero attached hydrogens (tertiary/aromatic N) is 1. The standard InChI is InChI=1S/C57H39NO2/c1-57(2)48-31-26-40(35-47(48)55-49(57)32-33-53-56(55)46-17-7-9-20-51(46)60-53)37-22-27-41(28-23-37)58(43-15-10-14-39(34-43)36-12-4-3-5-13-36)42-29-24-38(25-30-42)44-18-11-21-52-54(44)45-16-6-8-19-50(45)59-52/h3-35H,1-2H3. The fourth-order valence-corrected chi connectivity index (χ4v) is 9.75. The van der Waals surface area contributed by atoms with Crippen molar-refractivity contribution in [2.75, 3.05) is 4.90 Å². The first-order valence-corrected chi connectivity index (χ1v) is 20.7. The first-order chi connectivity index (χ1) is 29.5. The minimum atomic E-state index is -0.122. The molecule has 0 unspecified atom stereocenters. The fourth-order valence-electron chi connectivity index (χ4n) is 9.75. The van der Waals surface area contributed by atoms with Crippen LogP contribution in [0.1, 0.15) is 25.0 Å². The molecule has 284 valence electrons. The van der Waals surface area contributed by atoms with Crippen LogP contribution in [0.15, 0.2) is 209 Å². The van der Waals surface area contributed by atoms with Gasteiger partial charge in [-0.2, -0.15) is 0 Å². The summed E-state index contributed by atoms with van der Waals surface area (Å²) >= 11 is 0. The van der Waals surface area contributed by atoms with E-state index in [0.717, 1.165) is 61.3 Å². The van der Waals surface area contributed by atoms with Crippen molar-refractivity contribution in [3.05, 3.63) is 211 Å². The number of fused-ring (bicyclic) bond motifs is 10. The third-order valence-electron chi connectivity index (χ3n) is 12.7. The van der Waals surface area contributed by atoms with Gasteiger partial charge in [-0.05, 0) is 122 Å². The molecule has 0 saturated carbocycles. The molecule has 0 amide bonds. The highest BCUT2D eigenvalue weighted by Crippen LogP contribution is 2.54. The van der Waals surface area contributed by atoms with E-state index in [1.54, 1.807) is 0 Å². The molecule has 2 heterocycles. The summed E-state index contributed by atoms with van der Waals surface area (Å²) < 4.78 is 12.6. The molecule has 3 nitrogen and oxygen atoms in total. The molecule has 0 saturated heterocycles. The molecule has 0 radical (unpaired) electrons. The maximum atomic E-state index is 6.37. The van der Waals surface area contributed by atoms with E-state index in [9.17, 15) is 0 Å². The van der Waals surface area contributed by atoms with Gasteiger partial charge in [-0.15, -0.1) is 0 Å². The fraction of sp³-hybridized carbons (Fsp3) is 0.0526. The van der Waals surface area contributed by atoms with Gasteiger partial charge in [0, 0.05) is 44.0 Å². The largest absolute Gasteiger partial charge is 0.456 e. The van der Waals surface area contributed by atoms with Crippen LogP contribution in [0.4, 0.5) is 17.1 Å². The van der Waals surface area contributed by atoms with Crippen LogP contribution in [0.25, 0.3) is 88.4 Å². The molecule has 1 aliphatic rings. The predicted octanol–water partition coefficient (Wildman–Crippen LogP) is 16.3. The molecule has 12 rings (SSSR count). The number of para-hydroxylation sites is 2. The third kappa shape index (κ3) is 5.29. The van der Waals surface area contributed by atoms with E-state index in [-0.39, 0.29) is 5.41 Å². The van der Waals surface area contributed by atoms with Crippen molar-refractivity contribution in [2.24, 2.45) is 0 Å². The lowest BCUT2D eigenvalue weighted by Crippen LogP contribution is -2.14. The molecule has 60 heavy (non-hydrogen) atoms. The van der Waals surface area contributed by atoms with E-state index in [4.69, 9.17) is 8.83 Å². The maximum absolute atomic E-state index is 6.37. The summed E-state index contributed by atoms with van der Waals surface area (Å²) in [6.45, 7) is 4.68. The molecule has 11 aromatic rings. The van der Waals surface area contributed by atoms with Crippen LogP contribution in [0.2, 0.25) is 0 Å². The Kier molecular flexibility index (Phi) is 7.58. The lowest BCUT2D eigenvalue weighted by molar-refractivity contribution is 0.656. The number of rotatable bonds is 6. The van der Waals surface area contributed by atoms with Gasteiger partial charge in [-0.3, -0.25) is 0 Å². The Hall–Kier alpha value is -7.62. The van der Waals surface area contributed by atoms with Gasteiger partial charge < -0.3 is 13.7 Å². The van der Waals surface area contributed by atoms with Crippen LogP contribution in [-0.2, 0) is 5.41 Å². The summed E-state index contributed by atoms with van der Waals surface area (Å²) in [6, 6.07) is 71.9. The quantitative estimate of drug-likeness (QED) is 0.169. The molecule has 9 aromatic carbocycles. The lowest BCUT2D eigenvalue weighted by Gasteiger charge is -2.26. The summed E-state index contributed by atoms with van der Waals surface area (Å²) in [7, 11) is 0. The van der Waals surface area contributed by atoms with Gasteiger partial charge in [0.1, 0.15) is 22.3 Å². The summed E-state index contributed by atoms with van der Waals surface area (Å²) in [5, 5.41) is 4.65. The second-order valence-corrected chi connectivity index (χ2v) is 16.5. The van der Waals surface area contributed by atoms with Crippen molar-refractivity contribution in [3.63, 3.8) is 0 Å². The molecule has 1 aliphatic carbocycles. The number of hydrogen-bond donors (Lipinski definition) is 0. The molecule has 2 aromatic heterocycles. The van der Waals surface area contributed by atoms with Crippen molar-refractivity contribution in [1.82, 2.24) is 0 Å². The second-order valence-electron chi connectivity index (χ2n) is 16.5. The molecule has 3 heteroatoms. The third-order valence-corrected chi connectivity index (χ3v) is 12.7. The molecule has 0 fully saturated rings. The molecule has 0 spiro atoms. The lowest BCUT2D eigenvalue weighted by atomic mass is 9.82. The Morgan fingerprint density at radius 3 is 1.62 bits per heavy atom. The van der Waals surface area contributed by atoms with Gasteiger partial charge in [-0.1, -0.05) is 147 Å². The summed E-state index contributed by atoms with van der Waals surface area (Å²) in [6.07, 6.45) is 0. The van der Waals surface area contributed by atoms with Crippen LogP contribution >= 0.6 is 0 Å². The number of anilines is 3. The average Bonchev–Trinajstić information content (AvgIpc) is 3.95. The zero-order chi connectivity index (χ0) is 40.0. The Balaban J connectivity index is 0.957. The van der Waals surface area contributed by atoms with Crippen LogP contribution in [0.5, 0.6) is 0 Å². The zero-order valence-electron chi connectivity index (χ0n) is 33.3. The minimum absolute atomic E-state index is 0.122. The molecule has 0 bridgehead atoms. The van der Waals surface area contributed by atoms with Crippen LogP contribution in [0, 0.1) is 0 Å². The van der Waals surface area contributed by atoms with Gasteiger partial charge in [0.05, 0.1) is 0 Å². The van der Waals surface area contributed by atoms with E-state index >= 15 is 0 Å². The predicted molar refractivity (Wildman–Crippen MR) is 250 cm³/mol. The van der Waals surface area contributed by atoms with Gasteiger partial charge in [0.2, 0.25) is 0 Å². The van der Waals surface area contributed by atoms with E-state index < -0.39 is 0 Å². The van der Waals surface area contributed by atoms with Crippen molar-refractivity contribution in [2.45, 2.75) is 19.3 Å². The van der Waals surface area contributed by atoms with E-state index in [0.29, 0.717) is 0 Å². The molecular weight excluding hydrogens is 731 g/mol. The number of benzene rings is 9. The van der Waals surface area contributed by atoms with Crippen molar-refractivity contribution >= 4 is 60.9 Å². The van der Waals surface area contributed by atoms with Gasteiger partial charge in [-0.25, -0.2) is 0 Å². The number of furan rings is 2. The Bertz CT molecular complexity index is 3440. The molecule has 0 aliphatic heterocycles. The normalized spacial score (nSPS) is 13.0. The monoisotopic (exact) mass is 769 g/mol. The SMILES string of the molecule is CC1(C)c2ccc(-c3ccc(N(c4ccc(-c5cccc6oc7ccccc7c56)cc4)c4cccc(-c5ccccc5)c4)cc3)cc2-c2c1ccc1oc3ccccc3c21. The Morgan fingerprint density at radius 1 is 0.350 bits per heavy atom. The molecule has 0 N–H and O–H groups in total. The van der Waals surface area contributed by atoms with Crippen molar-refractivity contribution in [1.29, 1.82) is 0 Å². The Morgan fingerprint density at radius 2 is 0.883 bits per heavy atom. The van der Waals surface area contributed by atoms with Gasteiger partial charge in [0.15, 0.2) is 0 Å². The highest BCUT2D eigenvalue weighted by Gasteiger charge is 2.37. The molecular formula is C57H39NO2. The van der Waals surface area contributed by atoms with Crippen molar-refractivity contribution in [3.8, 4) is 44.5 Å². The van der Waals surface area contributed by atoms with Gasteiger partial charge >= 0.3 is 0 Å². The van der Waals surface area contributed by atoms with Crippen LogP contribution in [-0.4, -0.2) is 0 Å². The van der Waals surface area contributed by atoms with Gasteiger partial charge in [0.25, 0.3) is 0 Å².